The van der Waals surface area contributed by atoms with Gasteiger partial charge in [-0.25, -0.2) is 13.1 Å². The summed E-state index contributed by atoms with van der Waals surface area (Å²) in [5.41, 5.74) is 1.54. The van der Waals surface area contributed by atoms with Crippen LogP contribution < -0.4 is 0 Å². The van der Waals surface area contributed by atoms with E-state index in [0.717, 1.165) is 17.5 Å². The minimum Gasteiger partial charge on any atom is -0.389 e. The van der Waals surface area contributed by atoms with Crippen LogP contribution >= 0.6 is 0 Å². The van der Waals surface area contributed by atoms with E-state index in [0.29, 0.717) is 0 Å². The van der Waals surface area contributed by atoms with Crippen molar-refractivity contribution in [3.63, 3.8) is 0 Å². The summed E-state index contributed by atoms with van der Waals surface area (Å²) in [7, 11) is -3.23. The first kappa shape index (κ1) is 12.8. The van der Waals surface area contributed by atoms with Gasteiger partial charge in [0, 0.05) is 12.5 Å². The normalized spacial score (nSPS) is 13.5. The Bertz CT molecular complexity index is 642. The van der Waals surface area contributed by atoms with Crippen LogP contribution in [-0.2, 0) is 9.84 Å². The average molecular weight is 266 g/mol. The molecule has 5 nitrogen and oxygen atoms in total. The first-order chi connectivity index (χ1) is 8.38. The molecule has 0 radical (unpaired) electrons. The first-order valence-electron chi connectivity index (χ1n) is 5.41. The van der Waals surface area contributed by atoms with E-state index in [1.54, 1.807) is 31.2 Å². The highest BCUT2D eigenvalue weighted by Crippen LogP contribution is 2.16. The van der Waals surface area contributed by atoms with E-state index in [9.17, 15) is 13.5 Å². The zero-order chi connectivity index (χ0) is 13.3. The van der Waals surface area contributed by atoms with Gasteiger partial charge in [0.15, 0.2) is 9.84 Å². The second kappa shape index (κ2) is 4.55. The van der Waals surface area contributed by atoms with Crippen LogP contribution in [-0.4, -0.2) is 29.6 Å². The quantitative estimate of drug-likeness (QED) is 0.909. The van der Waals surface area contributed by atoms with E-state index < -0.39 is 15.9 Å². The number of aliphatic hydroxyl groups is 1. The average Bonchev–Trinajstić information content (AvgIpc) is 2.78. The summed E-state index contributed by atoms with van der Waals surface area (Å²) in [6.45, 7) is 1.69. The van der Waals surface area contributed by atoms with Gasteiger partial charge in [0.05, 0.1) is 18.0 Å². The molecule has 6 heteroatoms. The van der Waals surface area contributed by atoms with Crippen LogP contribution in [0, 0.1) is 0 Å². The third-order valence-electron chi connectivity index (χ3n) is 2.63. The molecule has 1 atom stereocenters. The van der Waals surface area contributed by atoms with E-state index >= 15 is 0 Å². The predicted octanol–water partition coefficient (Wildman–Crippen LogP) is 1.33. The lowest BCUT2D eigenvalue weighted by molar-refractivity contribution is 0.199. The van der Waals surface area contributed by atoms with Gasteiger partial charge in [-0.3, -0.25) is 0 Å². The topological polar surface area (TPSA) is 72.2 Å². The number of aromatic nitrogens is 2. The first-order valence-corrected chi connectivity index (χ1v) is 7.30. The predicted molar refractivity (Wildman–Crippen MR) is 67.3 cm³/mol. The molecule has 0 aliphatic carbocycles. The van der Waals surface area contributed by atoms with Crippen LogP contribution in [0.5, 0.6) is 0 Å². The summed E-state index contributed by atoms with van der Waals surface area (Å²) in [6.07, 6.45) is 3.40. The Morgan fingerprint density at radius 1 is 1.28 bits per heavy atom. The van der Waals surface area contributed by atoms with Crippen molar-refractivity contribution in [3.8, 4) is 5.69 Å². The summed E-state index contributed by atoms with van der Waals surface area (Å²) in [4.78, 5) is 0.183. The van der Waals surface area contributed by atoms with Crippen molar-refractivity contribution in [2.24, 2.45) is 0 Å². The molecule has 96 valence electrons. The van der Waals surface area contributed by atoms with Crippen LogP contribution in [0.1, 0.15) is 18.6 Å². The van der Waals surface area contributed by atoms with Crippen molar-refractivity contribution in [2.45, 2.75) is 17.9 Å². The lowest BCUT2D eigenvalue weighted by atomic mass is 10.1. The fourth-order valence-corrected chi connectivity index (χ4v) is 2.07. The van der Waals surface area contributed by atoms with Gasteiger partial charge in [-0.15, -0.1) is 0 Å². The number of rotatable bonds is 3. The standard InChI is InChI=1S/C12H14N2O3S/c1-9(15)10-3-5-11(6-4-10)14-8-12(7-13-14)18(2,16)17/h3-9,15H,1-2H3. The molecule has 2 rings (SSSR count). The van der Waals surface area contributed by atoms with Crippen molar-refractivity contribution >= 4 is 9.84 Å². The van der Waals surface area contributed by atoms with Crippen LogP contribution in [0.4, 0.5) is 0 Å². The van der Waals surface area contributed by atoms with Gasteiger partial charge < -0.3 is 5.11 Å². The fourth-order valence-electron chi connectivity index (χ4n) is 1.54. The van der Waals surface area contributed by atoms with Gasteiger partial charge in [-0.05, 0) is 24.6 Å². The van der Waals surface area contributed by atoms with Crippen molar-refractivity contribution in [3.05, 3.63) is 42.2 Å². The van der Waals surface area contributed by atoms with Gasteiger partial charge in [0.2, 0.25) is 0 Å². The van der Waals surface area contributed by atoms with Crippen molar-refractivity contribution in [1.82, 2.24) is 9.78 Å². The second-order valence-electron chi connectivity index (χ2n) is 4.16. The molecule has 0 amide bonds. The third-order valence-corrected chi connectivity index (χ3v) is 3.69. The minimum atomic E-state index is -3.23. The molecule has 1 N–H and O–H groups in total. The Labute approximate surface area is 106 Å². The molecule has 0 bridgehead atoms. The van der Waals surface area contributed by atoms with Gasteiger partial charge in [0.1, 0.15) is 4.90 Å². The van der Waals surface area contributed by atoms with E-state index in [2.05, 4.69) is 5.10 Å². The Morgan fingerprint density at radius 3 is 2.33 bits per heavy atom. The summed E-state index contributed by atoms with van der Waals surface area (Å²) in [5, 5.41) is 13.4. The fraction of sp³-hybridized carbons (Fsp3) is 0.250. The number of hydrogen-bond donors (Lipinski definition) is 1. The zero-order valence-corrected chi connectivity index (χ0v) is 10.9. The lowest BCUT2D eigenvalue weighted by Gasteiger charge is -2.06. The summed E-state index contributed by atoms with van der Waals surface area (Å²) in [6, 6.07) is 7.12. The van der Waals surface area contributed by atoms with Gasteiger partial charge in [-0.2, -0.15) is 5.10 Å². The number of aliphatic hydroxyl groups excluding tert-OH is 1. The van der Waals surface area contributed by atoms with Crippen molar-refractivity contribution < 1.29 is 13.5 Å². The maximum absolute atomic E-state index is 11.3. The molecule has 18 heavy (non-hydrogen) atoms. The molecule has 1 unspecified atom stereocenters. The molecular weight excluding hydrogens is 252 g/mol. The van der Waals surface area contributed by atoms with Crippen molar-refractivity contribution in [2.75, 3.05) is 6.26 Å². The van der Waals surface area contributed by atoms with Crippen molar-refractivity contribution in [1.29, 1.82) is 0 Å². The maximum Gasteiger partial charge on any atom is 0.178 e. The Morgan fingerprint density at radius 2 is 1.89 bits per heavy atom. The van der Waals surface area contributed by atoms with Crippen LogP contribution in [0.3, 0.4) is 0 Å². The molecule has 0 aliphatic rings. The third kappa shape index (κ3) is 2.60. The van der Waals surface area contributed by atoms with Crippen LogP contribution in [0.25, 0.3) is 5.69 Å². The maximum atomic E-state index is 11.3. The molecule has 0 spiro atoms. The van der Waals surface area contributed by atoms with Crippen LogP contribution in [0.15, 0.2) is 41.6 Å². The zero-order valence-electron chi connectivity index (χ0n) is 10.1. The summed E-state index contributed by atoms with van der Waals surface area (Å²) in [5.74, 6) is 0. The highest BCUT2D eigenvalue weighted by Gasteiger charge is 2.10. The minimum absolute atomic E-state index is 0.183. The Hall–Kier alpha value is -1.66. The molecule has 0 saturated heterocycles. The van der Waals surface area contributed by atoms with Gasteiger partial charge in [-0.1, -0.05) is 12.1 Å². The molecule has 2 aromatic rings. The number of sulfone groups is 1. The molecule has 0 fully saturated rings. The highest BCUT2D eigenvalue weighted by atomic mass is 32.2. The van der Waals surface area contributed by atoms with E-state index in [1.165, 1.54) is 17.1 Å². The highest BCUT2D eigenvalue weighted by molar-refractivity contribution is 7.90. The molecule has 1 aromatic heterocycles. The Balaban J connectivity index is 2.35. The van der Waals surface area contributed by atoms with Crippen LogP contribution in [0.2, 0.25) is 0 Å². The molecule has 0 saturated carbocycles. The summed E-state index contributed by atoms with van der Waals surface area (Å²) >= 11 is 0. The second-order valence-corrected chi connectivity index (χ2v) is 6.18. The number of benzene rings is 1. The number of hydrogen-bond acceptors (Lipinski definition) is 4. The molecular formula is C12H14N2O3S. The van der Waals surface area contributed by atoms with Gasteiger partial charge in [0.25, 0.3) is 0 Å². The largest absolute Gasteiger partial charge is 0.389 e. The molecule has 1 heterocycles. The molecule has 0 aliphatic heterocycles. The summed E-state index contributed by atoms with van der Waals surface area (Å²) < 4.78 is 24.2. The smallest absolute Gasteiger partial charge is 0.178 e. The SMILES string of the molecule is CC(O)c1ccc(-n2cc(S(C)(=O)=O)cn2)cc1. The number of nitrogens with zero attached hydrogens (tertiary/aromatic N) is 2. The van der Waals surface area contributed by atoms with E-state index in [1.807, 2.05) is 0 Å². The monoisotopic (exact) mass is 266 g/mol. The Kier molecular flexibility index (Phi) is 3.23. The van der Waals surface area contributed by atoms with E-state index in [4.69, 9.17) is 0 Å². The van der Waals surface area contributed by atoms with Gasteiger partial charge >= 0.3 is 0 Å². The lowest BCUT2D eigenvalue weighted by Crippen LogP contribution is -1.97. The molecule has 1 aromatic carbocycles. The van der Waals surface area contributed by atoms with E-state index in [-0.39, 0.29) is 4.90 Å².